The van der Waals surface area contributed by atoms with Gasteiger partial charge in [-0.2, -0.15) is 0 Å². The van der Waals surface area contributed by atoms with Gasteiger partial charge in [0.2, 0.25) is 0 Å². The fourth-order valence-corrected chi connectivity index (χ4v) is 10.6. The van der Waals surface area contributed by atoms with Crippen LogP contribution in [0.2, 0.25) is 0 Å². The molecule has 0 atom stereocenters. The standard InChI is InChI=1S/C58H34N2O/c1-2-12-41-40(11-1)47-17-9-16-46-39(30-31-48(41)57(46)47)35-23-27-38(28-24-35)59-51-19-6-3-13-42(51)44-29-25-37(34-55(44)59)36-26-32-53-50(33-36)43-14-4-7-20-52(43)60(53)54-21-10-18-49-45-15-5-8-22-56(45)61-58(49)54/h1-34H. The maximum atomic E-state index is 6.56. The van der Waals surface area contributed by atoms with E-state index in [-0.39, 0.29) is 0 Å². The summed E-state index contributed by atoms with van der Waals surface area (Å²) in [5, 5.41) is 9.83. The minimum absolute atomic E-state index is 0.901. The van der Waals surface area contributed by atoms with Gasteiger partial charge in [0.1, 0.15) is 5.58 Å². The van der Waals surface area contributed by atoms with E-state index < -0.39 is 0 Å². The van der Waals surface area contributed by atoms with Crippen molar-refractivity contribution in [3.8, 4) is 55.9 Å². The second-order valence-corrected chi connectivity index (χ2v) is 16.4. The second kappa shape index (κ2) is 12.2. The molecular weight excluding hydrogens is 741 g/mol. The zero-order valence-electron chi connectivity index (χ0n) is 32.9. The molecule has 3 nitrogen and oxygen atoms in total. The number of nitrogens with zero attached hydrogens (tertiary/aromatic N) is 2. The minimum atomic E-state index is 0.901. The molecule has 0 radical (unpaired) electrons. The molecule has 0 fully saturated rings. The molecule has 3 aromatic heterocycles. The average Bonchev–Trinajstić information content (AvgIpc) is 4.06. The van der Waals surface area contributed by atoms with Gasteiger partial charge in [-0.15, -0.1) is 0 Å². The van der Waals surface area contributed by atoms with E-state index in [1.54, 1.807) is 0 Å². The molecule has 0 bridgehead atoms. The van der Waals surface area contributed by atoms with Crippen molar-refractivity contribution in [1.29, 1.82) is 0 Å². The largest absolute Gasteiger partial charge is 0.454 e. The number of hydrogen-bond acceptors (Lipinski definition) is 1. The molecule has 0 saturated carbocycles. The highest BCUT2D eigenvalue weighted by atomic mass is 16.3. The lowest BCUT2D eigenvalue weighted by molar-refractivity contribution is 0.666. The lowest BCUT2D eigenvalue weighted by Crippen LogP contribution is -1.95. The highest BCUT2D eigenvalue weighted by molar-refractivity contribution is 6.19. The zero-order chi connectivity index (χ0) is 39.8. The maximum absolute atomic E-state index is 6.56. The number of para-hydroxylation sites is 4. The van der Waals surface area contributed by atoms with E-state index in [2.05, 4.69) is 209 Å². The normalized spacial score (nSPS) is 12.3. The summed E-state index contributed by atoms with van der Waals surface area (Å²) in [5.41, 5.74) is 18.8. The number of aromatic nitrogens is 2. The Balaban J connectivity index is 0.907. The number of fused-ring (bicyclic) bond motifs is 12. The Morgan fingerprint density at radius 1 is 0.295 bits per heavy atom. The molecule has 0 N–H and O–H groups in total. The molecular formula is C58H34N2O. The third-order valence-corrected chi connectivity index (χ3v) is 13.3. The van der Waals surface area contributed by atoms with Gasteiger partial charge in [-0.3, -0.25) is 0 Å². The molecule has 0 saturated heterocycles. The quantitative estimate of drug-likeness (QED) is 0.175. The van der Waals surface area contributed by atoms with Crippen LogP contribution in [0.5, 0.6) is 0 Å². The zero-order valence-corrected chi connectivity index (χ0v) is 32.9. The van der Waals surface area contributed by atoms with E-state index >= 15 is 0 Å². The van der Waals surface area contributed by atoms with E-state index in [0.29, 0.717) is 0 Å². The van der Waals surface area contributed by atoms with Gasteiger partial charge in [0, 0.05) is 38.0 Å². The molecule has 282 valence electrons. The Hall–Kier alpha value is -8.14. The van der Waals surface area contributed by atoms with Crippen LogP contribution in [0.1, 0.15) is 0 Å². The second-order valence-electron chi connectivity index (χ2n) is 16.4. The van der Waals surface area contributed by atoms with Crippen molar-refractivity contribution in [3.63, 3.8) is 0 Å². The van der Waals surface area contributed by atoms with Crippen LogP contribution >= 0.6 is 0 Å². The van der Waals surface area contributed by atoms with Crippen molar-refractivity contribution in [2.24, 2.45) is 0 Å². The van der Waals surface area contributed by atoms with Crippen molar-refractivity contribution < 1.29 is 4.42 Å². The summed E-state index contributed by atoms with van der Waals surface area (Å²) in [6.45, 7) is 0. The van der Waals surface area contributed by atoms with Crippen LogP contribution in [0.15, 0.2) is 211 Å². The molecule has 1 aliphatic rings. The number of hydrogen-bond donors (Lipinski definition) is 0. The summed E-state index contributed by atoms with van der Waals surface area (Å²) in [4.78, 5) is 0. The Labute approximate surface area is 350 Å². The van der Waals surface area contributed by atoms with Gasteiger partial charge < -0.3 is 13.6 Å². The van der Waals surface area contributed by atoms with Crippen LogP contribution < -0.4 is 0 Å². The summed E-state index contributed by atoms with van der Waals surface area (Å²) in [5.74, 6) is 0. The molecule has 13 aromatic rings. The molecule has 3 heterocycles. The molecule has 0 spiro atoms. The van der Waals surface area contributed by atoms with Gasteiger partial charge >= 0.3 is 0 Å². The fraction of sp³-hybridized carbons (Fsp3) is 0. The molecule has 3 heteroatoms. The Bertz CT molecular complexity index is 3960. The highest BCUT2D eigenvalue weighted by Crippen LogP contribution is 2.49. The fourth-order valence-electron chi connectivity index (χ4n) is 10.6. The first-order valence-corrected chi connectivity index (χ1v) is 21.0. The van der Waals surface area contributed by atoms with Crippen molar-refractivity contribution in [1.82, 2.24) is 9.13 Å². The van der Waals surface area contributed by atoms with Crippen molar-refractivity contribution in [2.45, 2.75) is 0 Å². The Morgan fingerprint density at radius 3 is 1.69 bits per heavy atom. The summed E-state index contributed by atoms with van der Waals surface area (Å²) in [7, 11) is 0. The van der Waals surface area contributed by atoms with Crippen molar-refractivity contribution in [2.75, 3.05) is 0 Å². The van der Waals surface area contributed by atoms with Gasteiger partial charge in [-0.1, -0.05) is 152 Å². The van der Waals surface area contributed by atoms with Crippen molar-refractivity contribution in [3.05, 3.63) is 206 Å². The summed E-state index contributed by atoms with van der Waals surface area (Å²) < 4.78 is 11.4. The molecule has 0 unspecified atom stereocenters. The molecule has 1 aliphatic carbocycles. The highest BCUT2D eigenvalue weighted by Gasteiger charge is 2.23. The first-order chi connectivity index (χ1) is 30.3. The van der Waals surface area contributed by atoms with Crippen LogP contribution in [-0.4, -0.2) is 9.13 Å². The van der Waals surface area contributed by atoms with E-state index in [0.717, 1.165) is 44.3 Å². The third-order valence-electron chi connectivity index (χ3n) is 13.3. The Morgan fingerprint density at radius 2 is 0.852 bits per heavy atom. The van der Waals surface area contributed by atoms with Crippen LogP contribution in [-0.2, 0) is 0 Å². The van der Waals surface area contributed by atoms with Gasteiger partial charge in [-0.05, 0) is 110 Å². The topological polar surface area (TPSA) is 23.0 Å². The molecule has 61 heavy (non-hydrogen) atoms. The first kappa shape index (κ1) is 32.8. The van der Waals surface area contributed by atoms with Crippen LogP contribution in [0.4, 0.5) is 0 Å². The van der Waals surface area contributed by atoms with E-state index in [1.807, 2.05) is 6.07 Å². The first-order valence-electron chi connectivity index (χ1n) is 21.0. The number of rotatable bonds is 4. The van der Waals surface area contributed by atoms with Gasteiger partial charge in [0.15, 0.2) is 5.58 Å². The minimum Gasteiger partial charge on any atom is -0.454 e. The van der Waals surface area contributed by atoms with Gasteiger partial charge in [-0.25, -0.2) is 0 Å². The van der Waals surface area contributed by atoms with Crippen LogP contribution in [0, 0.1) is 0 Å². The molecule has 0 aliphatic heterocycles. The molecule has 0 amide bonds. The monoisotopic (exact) mass is 774 g/mol. The van der Waals surface area contributed by atoms with Crippen molar-refractivity contribution >= 4 is 76.3 Å². The van der Waals surface area contributed by atoms with E-state index in [1.165, 1.54) is 87.9 Å². The predicted molar refractivity (Wildman–Crippen MR) is 255 cm³/mol. The Kier molecular flexibility index (Phi) is 6.56. The lowest BCUT2D eigenvalue weighted by Gasteiger charge is -2.12. The van der Waals surface area contributed by atoms with Gasteiger partial charge in [0.25, 0.3) is 0 Å². The SMILES string of the molecule is c1ccc2c(c1)-c1cccc3c(-c4ccc(-n5c6ccccc6c6ccc(-c7ccc8c(c7)c7ccccc7n8-c7cccc8c7oc7ccccc78)cc65)cc4)ccc-2c13. The third kappa shape index (κ3) is 4.52. The smallest absolute Gasteiger partial charge is 0.159 e. The average molecular weight is 775 g/mol. The van der Waals surface area contributed by atoms with Crippen LogP contribution in [0.3, 0.4) is 0 Å². The lowest BCUT2D eigenvalue weighted by atomic mass is 9.94. The predicted octanol–water partition coefficient (Wildman–Crippen LogP) is 15.9. The summed E-state index contributed by atoms with van der Waals surface area (Å²) in [6.07, 6.45) is 0. The molecule has 10 aromatic carbocycles. The number of furan rings is 1. The number of benzene rings is 10. The maximum Gasteiger partial charge on any atom is 0.159 e. The molecule has 14 rings (SSSR count). The van der Waals surface area contributed by atoms with E-state index in [9.17, 15) is 0 Å². The van der Waals surface area contributed by atoms with E-state index in [4.69, 9.17) is 4.42 Å². The van der Waals surface area contributed by atoms with Crippen LogP contribution in [0.25, 0.3) is 132 Å². The van der Waals surface area contributed by atoms with Gasteiger partial charge in [0.05, 0.1) is 27.8 Å². The summed E-state index contributed by atoms with van der Waals surface area (Å²) in [6, 6.07) is 75.5. The summed E-state index contributed by atoms with van der Waals surface area (Å²) >= 11 is 0.